The standard InChI is InChI=1S/C13H21NO5S/c1-19-10-12(14-8-5-9-20(16,17)18)13(15)11-6-3-2-4-7-11/h2-4,6-7,12-15H,5,8-10H2,1H3,(H,16,17,18)/t12-,13-/m1/s1. The Bertz CT molecular complexity index is 477. The van der Waals surface area contributed by atoms with E-state index in [4.69, 9.17) is 9.29 Å². The highest BCUT2D eigenvalue weighted by Crippen LogP contribution is 2.16. The molecule has 0 unspecified atom stereocenters. The minimum absolute atomic E-state index is 0.264. The third kappa shape index (κ3) is 6.44. The number of hydrogen-bond acceptors (Lipinski definition) is 5. The molecule has 0 amide bonds. The summed E-state index contributed by atoms with van der Waals surface area (Å²) >= 11 is 0. The number of hydrogen-bond donors (Lipinski definition) is 3. The second-order valence-electron chi connectivity index (χ2n) is 4.51. The third-order valence-corrected chi connectivity index (χ3v) is 3.66. The van der Waals surface area contributed by atoms with Crippen LogP contribution in [0.15, 0.2) is 30.3 Å². The van der Waals surface area contributed by atoms with Gasteiger partial charge >= 0.3 is 0 Å². The van der Waals surface area contributed by atoms with E-state index in [1.165, 1.54) is 7.11 Å². The SMILES string of the molecule is COC[C@@H](NCCCS(=O)(=O)O)[C@H](O)c1ccccc1. The van der Waals surface area contributed by atoms with Crippen molar-refractivity contribution in [2.75, 3.05) is 26.0 Å². The zero-order valence-corrected chi connectivity index (χ0v) is 12.2. The zero-order chi connectivity index (χ0) is 15.0. The second-order valence-corrected chi connectivity index (χ2v) is 6.08. The van der Waals surface area contributed by atoms with Gasteiger partial charge in [-0.1, -0.05) is 30.3 Å². The maximum absolute atomic E-state index is 10.6. The van der Waals surface area contributed by atoms with Crippen molar-refractivity contribution in [1.29, 1.82) is 0 Å². The molecular weight excluding hydrogens is 282 g/mol. The van der Waals surface area contributed by atoms with Crippen molar-refractivity contribution in [3.05, 3.63) is 35.9 Å². The van der Waals surface area contributed by atoms with Gasteiger partial charge in [-0.2, -0.15) is 8.42 Å². The van der Waals surface area contributed by atoms with E-state index >= 15 is 0 Å². The molecule has 0 aliphatic carbocycles. The van der Waals surface area contributed by atoms with Gasteiger partial charge in [-0.3, -0.25) is 4.55 Å². The molecule has 0 radical (unpaired) electrons. The normalized spacial score (nSPS) is 14.9. The number of aliphatic hydroxyl groups is 1. The Kier molecular flexibility index (Phi) is 7.11. The van der Waals surface area contributed by atoms with Gasteiger partial charge in [-0.15, -0.1) is 0 Å². The highest BCUT2D eigenvalue weighted by atomic mass is 32.2. The summed E-state index contributed by atoms with van der Waals surface area (Å²) in [6.45, 7) is 0.652. The summed E-state index contributed by atoms with van der Waals surface area (Å²) in [6.07, 6.45) is -0.484. The lowest BCUT2D eigenvalue weighted by atomic mass is 10.0. The van der Waals surface area contributed by atoms with Gasteiger partial charge in [0.25, 0.3) is 10.1 Å². The molecule has 0 heterocycles. The van der Waals surface area contributed by atoms with E-state index in [9.17, 15) is 13.5 Å². The number of aliphatic hydroxyl groups excluding tert-OH is 1. The molecule has 7 heteroatoms. The third-order valence-electron chi connectivity index (χ3n) is 2.85. The Hall–Kier alpha value is -0.990. The highest BCUT2D eigenvalue weighted by molar-refractivity contribution is 7.85. The zero-order valence-electron chi connectivity index (χ0n) is 11.4. The molecular formula is C13H21NO5S. The molecule has 3 N–H and O–H groups in total. The van der Waals surface area contributed by atoms with E-state index < -0.39 is 16.2 Å². The van der Waals surface area contributed by atoms with Gasteiger partial charge in [-0.25, -0.2) is 0 Å². The van der Waals surface area contributed by atoms with Crippen LogP contribution in [0.5, 0.6) is 0 Å². The lowest BCUT2D eigenvalue weighted by Crippen LogP contribution is -2.39. The molecule has 1 aromatic rings. The topological polar surface area (TPSA) is 95.9 Å². The fraction of sp³-hybridized carbons (Fsp3) is 0.538. The summed E-state index contributed by atoms with van der Waals surface area (Å²) in [5.74, 6) is -0.304. The van der Waals surface area contributed by atoms with Crippen molar-refractivity contribution >= 4 is 10.1 Å². The molecule has 0 aliphatic rings. The van der Waals surface area contributed by atoms with Crippen molar-refractivity contribution in [1.82, 2.24) is 5.32 Å². The van der Waals surface area contributed by atoms with Gasteiger partial charge in [0.05, 0.1) is 24.5 Å². The summed E-state index contributed by atoms with van der Waals surface area (Å²) in [6, 6.07) is 8.81. The van der Waals surface area contributed by atoms with Crippen LogP contribution >= 0.6 is 0 Å². The number of nitrogens with one attached hydrogen (secondary N) is 1. The van der Waals surface area contributed by atoms with Crippen LogP contribution in [0, 0.1) is 0 Å². The van der Waals surface area contributed by atoms with Crippen molar-refractivity contribution in [3.63, 3.8) is 0 Å². The van der Waals surface area contributed by atoms with Gasteiger partial charge in [-0.05, 0) is 18.5 Å². The molecule has 0 bridgehead atoms. The average Bonchev–Trinajstić information content (AvgIpc) is 2.41. The van der Waals surface area contributed by atoms with Gasteiger partial charge < -0.3 is 15.2 Å². The molecule has 0 saturated carbocycles. The van der Waals surface area contributed by atoms with E-state index in [2.05, 4.69) is 5.32 Å². The van der Waals surface area contributed by atoms with E-state index in [-0.39, 0.29) is 18.2 Å². The average molecular weight is 303 g/mol. The highest BCUT2D eigenvalue weighted by Gasteiger charge is 2.20. The summed E-state index contributed by atoms with van der Waals surface area (Å²) in [7, 11) is -2.41. The molecule has 1 aromatic carbocycles. The van der Waals surface area contributed by atoms with Gasteiger partial charge in [0.2, 0.25) is 0 Å². The van der Waals surface area contributed by atoms with Crippen molar-refractivity contribution in [3.8, 4) is 0 Å². The molecule has 0 aliphatic heterocycles. The van der Waals surface area contributed by atoms with E-state index in [1.54, 1.807) is 0 Å². The van der Waals surface area contributed by atoms with Crippen LogP contribution in [-0.2, 0) is 14.9 Å². The Morgan fingerprint density at radius 2 is 1.95 bits per heavy atom. The fourth-order valence-electron chi connectivity index (χ4n) is 1.87. The summed E-state index contributed by atoms with van der Waals surface area (Å²) in [4.78, 5) is 0. The van der Waals surface area contributed by atoms with Crippen molar-refractivity contribution < 1.29 is 22.8 Å². The first kappa shape index (κ1) is 17.1. The minimum atomic E-state index is -3.94. The Labute approximate surface area is 119 Å². The van der Waals surface area contributed by atoms with Crippen LogP contribution in [0.3, 0.4) is 0 Å². The van der Waals surface area contributed by atoms with Crippen LogP contribution < -0.4 is 5.32 Å². The molecule has 2 atom stereocenters. The second kappa shape index (κ2) is 8.33. The number of rotatable bonds is 9. The number of benzene rings is 1. The molecule has 0 fully saturated rings. The first-order valence-electron chi connectivity index (χ1n) is 6.34. The first-order chi connectivity index (χ1) is 9.44. The Morgan fingerprint density at radius 3 is 2.50 bits per heavy atom. The van der Waals surface area contributed by atoms with Crippen LogP contribution in [0.1, 0.15) is 18.1 Å². The van der Waals surface area contributed by atoms with Gasteiger partial charge in [0.15, 0.2) is 0 Å². The predicted octanol–water partition coefficient (Wildman–Crippen LogP) is 0.603. The van der Waals surface area contributed by atoms with Gasteiger partial charge in [0, 0.05) is 7.11 Å². The molecule has 0 aromatic heterocycles. The molecule has 20 heavy (non-hydrogen) atoms. The fourth-order valence-corrected chi connectivity index (χ4v) is 2.37. The molecule has 0 spiro atoms. The van der Waals surface area contributed by atoms with Crippen LogP contribution in [0.4, 0.5) is 0 Å². The quantitative estimate of drug-likeness (QED) is 0.457. The van der Waals surface area contributed by atoms with Gasteiger partial charge in [0.1, 0.15) is 0 Å². The summed E-state index contributed by atoms with van der Waals surface area (Å²) in [5, 5.41) is 13.3. The largest absolute Gasteiger partial charge is 0.387 e. The molecule has 0 saturated heterocycles. The van der Waals surface area contributed by atoms with Crippen LogP contribution in [0.2, 0.25) is 0 Å². The predicted molar refractivity (Wildman–Crippen MR) is 76.1 cm³/mol. The summed E-state index contributed by atoms with van der Waals surface area (Å²) < 4.78 is 34.9. The Balaban J connectivity index is 2.51. The maximum atomic E-state index is 10.6. The molecule has 1 rings (SSSR count). The minimum Gasteiger partial charge on any atom is -0.387 e. The summed E-state index contributed by atoms with van der Waals surface area (Å²) in [5.41, 5.74) is 0.761. The number of ether oxygens (including phenoxy) is 1. The molecule has 114 valence electrons. The van der Waals surface area contributed by atoms with E-state index in [0.29, 0.717) is 13.2 Å². The van der Waals surface area contributed by atoms with Crippen molar-refractivity contribution in [2.24, 2.45) is 0 Å². The maximum Gasteiger partial charge on any atom is 0.264 e. The van der Waals surface area contributed by atoms with Crippen molar-refractivity contribution in [2.45, 2.75) is 18.6 Å². The van der Waals surface area contributed by atoms with Crippen LogP contribution in [-0.4, -0.2) is 50.1 Å². The first-order valence-corrected chi connectivity index (χ1v) is 7.95. The molecule has 6 nitrogen and oxygen atoms in total. The lowest BCUT2D eigenvalue weighted by Gasteiger charge is -2.24. The number of methoxy groups -OCH3 is 1. The van der Waals surface area contributed by atoms with E-state index in [0.717, 1.165) is 5.56 Å². The smallest absolute Gasteiger partial charge is 0.264 e. The van der Waals surface area contributed by atoms with Crippen LogP contribution in [0.25, 0.3) is 0 Å². The lowest BCUT2D eigenvalue weighted by molar-refractivity contribution is 0.0699. The van der Waals surface area contributed by atoms with E-state index in [1.807, 2.05) is 30.3 Å². The Morgan fingerprint density at radius 1 is 1.30 bits per heavy atom. The monoisotopic (exact) mass is 303 g/mol.